The van der Waals surface area contributed by atoms with E-state index in [0.29, 0.717) is 12.8 Å². The van der Waals surface area contributed by atoms with Gasteiger partial charge < -0.3 is 93.7 Å². The fourth-order valence-corrected chi connectivity index (χ4v) is 14.5. The molecule has 4 aliphatic heterocycles. The number of fused-ring (bicyclic) bond motifs is 3. The van der Waals surface area contributed by atoms with E-state index in [2.05, 4.69) is 13.5 Å². The maximum Gasteiger partial charge on any atom is 0.314 e. The summed E-state index contributed by atoms with van der Waals surface area (Å²) in [6, 6.07) is 0. The molecule has 2 unspecified atom stereocenters. The predicted octanol–water partition coefficient (Wildman–Crippen LogP) is -0.570. The molecular weight excluding hydrogens is 925 g/mol. The van der Waals surface area contributed by atoms with Crippen LogP contribution in [0.4, 0.5) is 0 Å². The van der Waals surface area contributed by atoms with E-state index in [1.54, 1.807) is 0 Å². The summed E-state index contributed by atoms with van der Waals surface area (Å²) >= 11 is 0. The van der Waals surface area contributed by atoms with Crippen LogP contribution in [-0.2, 0) is 52.2 Å². The second-order valence-corrected chi connectivity index (χ2v) is 22.3. The Kier molecular flexibility index (Phi) is 17.1. The SMILES string of the molecule is C=C1C[C@@]23CC[C@H]4[C@@](C)(CCC[C@@]4(C)C(=O)O[C@@H]4O[C@H](COC=O)[C@@H](O)C[C@H]4O)[C@@H]2CC[C@]1(CCO[C@@H]1O[C@H](CO)[C@@H](O)C(O[C@@H]2O[C@H](CO)[C@@H](O)C[C@H]2O)[C@H]1OC1C[C@@H](O)[C@H](O)[C@@H](CO)CCO1)C3. The molecule has 4 aliphatic carbocycles. The first-order valence-electron chi connectivity index (χ1n) is 25.4. The number of aliphatic hydroxyl groups is 10. The van der Waals surface area contributed by atoms with E-state index in [9.17, 15) is 60.7 Å². The van der Waals surface area contributed by atoms with Crippen molar-refractivity contribution in [3.05, 3.63) is 12.2 Å². The van der Waals surface area contributed by atoms with Crippen molar-refractivity contribution in [2.24, 2.45) is 39.4 Å². The molecule has 400 valence electrons. The summed E-state index contributed by atoms with van der Waals surface area (Å²) in [7, 11) is 0. The summed E-state index contributed by atoms with van der Waals surface area (Å²) in [6.45, 7) is 7.50. The number of hydrogen-bond donors (Lipinski definition) is 10. The number of aliphatic hydroxyl groups excluding tert-OH is 10. The Bertz CT molecular complexity index is 1790. The quantitative estimate of drug-likeness (QED) is 0.0526. The molecule has 0 aromatic rings. The van der Waals surface area contributed by atoms with Crippen LogP contribution >= 0.6 is 0 Å². The lowest BCUT2D eigenvalue weighted by atomic mass is 9.40. The first kappa shape index (κ1) is 54.3. The number of carbonyl (C=O) groups is 2. The fraction of sp³-hybridized carbons (Fsp3) is 0.918. The van der Waals surface area contributed by atoms with Crippen molar-refractivity contribution in [3.63, 3.8) is 0 Å². The van der Waals surface area contributed by atoms with Crippen molar-refractivity contribution in [2.75, 3.05) is 39.6 Å². The van der Waals surface area contributed by atoms with Gasteiger partial charge >= 0.3 is 5.97 Å². The molecule has 8 aliphatic rings. The van der Waals surface area contributed by atoms with Gasteiger partial charge in [-0.1, -0.05) is 25.5 Å². The van der Waals surface area contributed by atoms with Crippen LogP contribution in [0.25, 0.3) is 0 Å². The average molecular weight is 1000 g/mol. The molecule has 0 radical (unpaired) electrons. The monoisotopic (exact) mass is 1000 g/mol. The summed E-state index contributed by atoms with van der Waals surface area (Å²) in [4.78, 5) is 25.2. The van der Waals surface area contributed by atoms with E-state index >= 15 is 0 Å². The number of allylic oxidation sites excluding steroid dienone is 1. The molecule has 4 heterocycles. The summed E-state index contributed by atoms with van der Waals surface area (Å²) in [5.41, 5.74) is -0.349. The van der Waals surface area contributed by atoms with Gasteiger partial charge in [-0.05, 0) is 99.2 Å². The highest BCUT2D eigenvalue weighted by molar-refractivity contribution is 5.77. The molecule has 0 aromatic carbocycles. The van der Waals surface area contributed by atoms with Crippen LogP contribution in [0.15, 0.2) is 12.2 Å². The number of rotatable bonds is 16. The van der Waals surface area contributed by atoms with Gasteiger partial charge in [0.25, 0.3) is 6.47 Å². The molecule has 2 bridgehead atoms. The standard InChI is InChI=1S/C49H78O21/c1-25-18-49-11-5-35-46(2,8-4-9-47(35,3)45(61)70-43-31(58)16-28(55)34(67-43)22-62-24-53)36(49)6-10-48(25,23-49)12-14-64-44-41(68-37-17-29(56)38(59)26(19-50)7-13-63-37)40(39(60)33(21-52)66-44)69-42-30(57)15-27(54)32(20-51)65-42/h24,26-44,50-52,54-60H,1,4-23H2,2-3H3/t26-,27+,28+,29-,30-,31-,32-,33-,34-,35+,36+,37?,38-,39-,40?,41-,42+,43+,44-,46-,47-,48+,49-/m1/s1. The average Bonchev–Trinajstić information content (AvgIpc) is 3.52. The Hall–Kier alpha value is -2.00. The van der Waals surface area contributed by atoms with Crippen molar-refractivity contribution in [2.45, 2.75) is 202 Å². The second kappa shape index (κ2) is 22.1. The highest BCUT2D eigenvalue weighted by Crippen LogP contribution is 2.75. The van der Waals surface area contributed by atoms with E-state index in [0.717, 1.165) is 56.9 Å². The summed E-state index contributed by atoms with van der Waals surface area (Å²) in [5, 5.41) is 106. The van der Waals surface area contributed by atoms with Crippen LogP contribution < -0.4 is 0 Å². The molecule has 4 saturated carbocycles. The van der Waals surface area contributed by atoms with Gasteiger partial charge in [-0.3, -0.25) is 9.59 Å². The van der Waals surface area contributed by atoms with Gasteiger partial charge in [0.15, 0.2) is 18.9 Å². The molecular formula is C49H78O21. The molecule has 0 aromatic heterocycles. The third kappa shape index (κ3) is 10.4. The molecule has 23 atom stereocenters. The first-order chi connectivity index (χ1) is 33.3. The zero-order valence-electron chi connectivity index (χ0n) is 40.4. The van der Waals surface area contributed by atoms with Crippen molar-refractivity contribution in [3.8, 4) is 0 Å². The third-order valence-corrected chi connectivity index (χ3v) is 18.2. The Morgan fingerprint density at radius 3 is 2.13 bits per heavy atom. The Labute approximate surface area is 408 Å². The van der Waals surface area contributed by atoms with Crippen molar-refractivity contribution in [1.29, 1.82) is 0 Å². The van der Waals surface area contributed by atoms with E-state index in [1.807, 2.05) is 6.92 Å². The number of ether oxygens (including phenoxy) is 9. The molecule has 10 N–H and O–H groups in total. The highest BCUT2D eigenvalue weighted by Gasteiger charge is 2.68. The molecule has 21 nitrogen and oxygen atoms in total. The van der Waals surface area contributed by atoms with Gasteiger partial charge in [0.2, 0.25) is 6.29 Å². The van der Waals surface area contributed by atoms with Gasteiger partial charge in [0, 0.05) is 31.8 Å². The maximum absolute atomic E-state index is 14.3. The van der Waals surface area contributed by atoms with Gasteiger partial charge in [0.05, 0.1) is 56.3 Å². The maximum atomic E-state index is 14.3. The van der Waals surface area contributed by atoms with Crippen molar-refractivity contribution >= 4 is 12.4 Å². The molecule has 8 rings (SSSR count). The second-order valence-electron chi connectivity index (χ2n) is 22.3. The molecule has 0 amide bonds. The first-order valence-corrected chi connectivity index (χ1v) is 25.4. The Balaban J connectivity index is 0.971. The zero-order valence-corrected chi connectivity index (χ0v) is 40.4. The summed E-state index contributed by atoms with van der Waals surface area (Å²) < 4.78 is 53.7. The van der Waals surface area contributed by atoms with Crippen LogP contribution in [0, 0.1) is 39.4 Å². The van der Waals surface area contributed by atoms with Crippen molar-refractivity contribution < 1.29 is 103 Å². The summed E-state index contributed by atoms with van der Waals surface area (Å²) in [5.74, 6) is -0.841. The summed E-state index contributed by atoms with van der Waals surface area (Å²) in [6.07, 6.45) is -13.1. The van der Waals surface area contributed by atoms with Crippen LogP contribution in [-0.4, -0.2) is 202 Å². The van der Waals surface area contributed by atoms with Gasteiger partial charge in [-0.25, -0.2) is 0 Å². The van der Waals surface area contributed by atoms with Gasteiger partial charge in [0.1, 0.15) is 55.4 Å². The Morgan fingerprint density at radius 1 is 0.729 bits per heavy atom. The van der Waals surface area contributed by atoms with Crippen molar-refractivity contribution in [1.82, 2.24) is 0 Å². The number of carbonyl (C=O) groups excluding carboxylic acids is 2. The largest absolute Gasteiger partial charge is 0.465 e. The lowest BCUT2D eigenvalue weighted by Crippen LogP contribution is -2.64. The molecule has 21 heteroatoms. The fourth-order valence-electron chi connectivity index (χ4n) is 14.5. The van der Waals surface area contributed by atoms with Gasteiger partial charge in [-0.15, -0.1) is 0 Å². The minimum atomic E-state index is -1.58. The van der Waals surface area contributed by atoms with Crippen LogP contribution in [0.1, 0.15) is 104 Å². The highest BCUT2D eigenvalue weighted by atomic mass is 16.8. The zero-order chi connectivity index (χ0) is 50.3. The minimum absolute atomic E-state index is 0.0190. The molecule has 70 heavy (non-hydrogen) atoms. The van der Waals surface area contributed by atoms with Gasteiger partial charge in [-0.2, -0.15) is 0 Å². The number of esters is 1. The molecule has 8 fully saturated rings. The minimum Gasteiger partial charge on any atom is -0.465 e. The predicted molar refractivity (Wildman–Crippen MR) is 238 cm³/mol. The normalized spacial score (nSPS) is 49.7. The van der Waals surface area contributed by atoms with Crippen LogP contribution in [0.3, 0.4) is 0 Å². The van der Waals surface area contributed by atoms with E-state index < -0.39 is 129 Å². The topological polar surface area (TPSA) is 320 Å². The van der Waals surface area contributed by atoms with E-state index in [4.69, 9.17) is 42.6 Å². The Morgan fingerprint density at radius 2 is 1.41 bits per heavy atom. The van der Waals surface area contributed by atoms with Crippen LogP contribution in [0.5, 0.6) is 0 Å². The van der Waals surface area contributed by atoms with E-state index in [-0.39, 0.29) is 86.7 Å². The number of hydrogen-bond acceptors (Lipinski definition) is 21. The van der Waals surface area contributed by atoms with E-state index in [1.165, 1.54) is 0 Å². The lowest BCUT2D eigenvalue weighted by Gasteiger charge is -2.64. The van der Waals surface area contributed by atoms with Crippen LogP contribution in [0.2, 0.25) is 0 Å². The lowest BCUT2D eigenvalue weighted by molar-refractivity contribution is -0.371. The smallest absolute Gasteiger partial charge is 0.314 e. The third-order valence-electron chi connectivity index (χ3n) is 18.2. The molecule has 4 saturated heterocycles. The molecule has 1 spiro atoms.